The van der Waals surface area contributed by atoms with Crippen molar-refractivity contribution >= 4 is 11.9 Å². The molecule has 0 unspecified atom stereocenters. The molecule has 1 rings (SSSR count). The van der Waals surface area contributed by atoms with Crippen LogP contribution in [0.1, 0.15) is 19.3 Å². The molecule has 1 fully saturated rings. The summed E-state index contributed by atoms with van der Waals surface area (Å²) in [5, 5.41) is 0. The van der Waals surface area contributed by atoms with Gasteiger partial charge in [-0.25, -0.2) is 4.99 Å². The molecule has 1 aliphatic heterocycles. The molecule has 1 heterocycles. The summed E-state index contributed by atoms with van der Waals surface area (Å²) in [5.41, 5.74) is 0. The van der Waals surface area contributed by atoms with Crippen molar-refractivity contribution < 1.29 is 4.79 Å². The fraction of sp³-hybridized carbons (Fsp3) is 0.833. The van der Waals surface area contributed by atoms with E-state index in [-0.39, 0.29) is 12.5 Å². The average molecular weight is 240 g/mol. The van der Waals surface area contributed by atoms with Crippen LogP contribution in [0.4, 0.5) is 0 Å². The molecular formula is C12H24N4O. The molecule has 1 aliphatic rings. The largest absolute Gasteiger partial charge is 0.349 e. The lowest BCUT2D eigenvalue weighted by atomic mass is 10.1. The van der Waals surface area contributed by atoms with Crippen LogP contribution in [0.25, 0.3) is 0 Å². The van der Waals surface area contributed by atoms with Gasteiger partial charge in [0.2, 0.25) is 5.91 Å². The van der Waals surface area contributed by atoms with E-state index in [2.05, 4.69) is 4.99 Å². The van der Waals surface area contributed by atoms with Gasteiger partial charge in [0.25, 0.3) is 0 Å². The highest BCUT2D eigenvalue weighted by atomic mass is 16.2. The second-order valence-electron chi connectivity index (χ2n) is 4.85. The molecule has 0 aromatic carbocycles. The molecule has 0 N–H and O–H groups in total. The normalized spacial score (nSPS) is 15.4. The second kappa shape index (κ2) is 6.47. The van der Waals surface area contributed by atoms with Gasteiger partial charge in [0.1, 0.15) is 6.54 Å². The van der Waals surface area contributed by atoms with E-state index < -0.39 is 0 Å². The minimum atomic E-state index is 0.144. The molecule has 5 heteroatoms. The monoisotopic (exact) mass is 240 g/mol. The number of hydrogen-bond acceptors (Lipinski definition) is 2. The first kappa shape index (κ1) is 13.8. The lowest BCUT2D eigenvalue weighted by Gasteiger charge is -2.27. The molecule has 0 aliphatic carbocycles. The molecule has 1 amide bonds. The van der Waals surface area contributed by atoms with Crippen LogP contribution < -0.4 is 0 Å². The molecule has 0 saturated carbocycles. The third-order valence-electron chi connectivity index (χ3n) is 2.86. The van der Waals surface area contributed by atoms with Crippen molar-refractivity contribution in [3.8, 4) is 0 Å². The van der Waals surface area contributed by atoms with E-state index in [9.17, 15) is 4.79 Å². The predicted molar refractivity (Wildman–Crippen MR) is 70.1 cm³/mol. The maximum atomic E-state index is 11.9. The topological polar surface area (TPSA) is 39.2 Å². The van der Waals surface area contributed by atoms with Crippen molar-refractivity contribution in [2.24, 2.45) is 4.99 Å². The quantitative estimate of drug-likeness (QED) is 0.520. The molecule has 5 nitrogen and oxygen atoms in total. The summed E-state index contributed by atoms with van der Waals surface area (Å²) in [4.78, 5) is 22.1. The van der Waals surface area contributed by atoms with Crippen LogP contribution in [-0.4, -0.2) is 74.4 Å². The number of carbonyl (C=O) groups excluding carboxylic acids is 1. The Balaban J connectivity index is 2.52. The Labute approximate surface area is 104 Å². The van der Waals surface area contributed by atoms with Crippen LogP contribution in [0, 0.1) is 0 Å². The SMILES string of the molecule is CN(C)C(=NCC(=O)N1CCCCC1)N(C)C. The maximum absolute atomic E-state index is 11.9. The van der Waals surface area contributed by atoms with E-state index in [1.165, 1.54) is 6.42 Å². The molecule has 17 heavy (non-hydrogen) atoms. The van der Waals surface area contributed by atoms with Crippen LogP contribution in [0.3, 0.4) is 0 Å². The predicted octanol–water partition coefficient (Wildman–Crippen LogP) is 0.478. The first-order chi connectivity index (χ1) is 8.02. The third kappa shape index (κ3) is 4.24. The average Bonchev–Trinajstić information content (AvgIpc) is 2.29. The maximum Gasteiger partial charge on any atom is 0.244 e. The number of piperidine rings is 1. The van der Waals surface area contributed by atoms with Gasteiger partial charge in [-0.05, 0) is 19.3 Å². The van der Waals surface area contributed by atoms with E-state index in [1.807, 2.05) is 42.9 Å². The lowest BCUT2D eigenvalue weighted by molar-refractivity contribution is -0.130. The number of guanidine groups is 1. The van der Waals surface area contributed by atoms with Gasteiger partial charge >= 0.3 is 0 Å². The Morgan fingerprint density at radius 3 is 2.06 bits per heavy atom. The summed E-state index contributed by atoms with van der Waals surface area (Å²) in [7, 11) is 7.74. The summed E-state index contributed by atoms with van der Waals surface area (Å²) in [6.45, 7) is 2.05. The minimum Gasteiger partial charge on any atom is -0.349 e. The van der Waals surface area contributed by atoms with Gasteiger partial charge in [-0.3, -0.25) is 4.79 Å². The Hall–Kier alpha value is -1.26. The van der Waals surface area contributed by atoms with Crippen molar-refractivity contribution in [3.63, 3.8) is 0 Å². The molecular weight excluding hydrogens is 216 g/mol. The number of rotatable bonds is 2. The van der Waals surface area contributed by atoms with Crippen LogP contribution in [0.15, 0.2) is 4.99 Å². The minimum absolute atomic E-state index is 0.144. The van der Waals surface area contributed by atoms with Crippen LogP contribution in [0.5, 0.6) is 0 Å². The van der Waals surface area contributed by atoms with Crippen molar-refractivity contribution in [1.82, 2.24) is 14.7 Å². The van der Waals surface area contributed by atoms with E-state index in [0.29, 0.717) is 0 Å². The number of hydrogen-bond donors (Lipinski definition) is 0. The molecule has 0 radical (unpaired) electrons. The molecule has 0 atom stereocenters. The van der Waals surface area contributed by atoms with Gasteiger partial charge < -0.3 is 14.7 Å². The van der Waals surface area contributed by atoms with E-state index in [1.54, 1.807) is 0 Å². The van der Waals surface area contributed by atoms with E-state index in [4.69, 9.17) is 0 Å². The summed E-state index contributed by atoms with van der Waals surface area (Å²) >= 11 is 0. The molecule has 0 spiro atoms. The summed E-state index contributed by atoms with van der Waals surface area (Å²) in [5.74, 6) is 0.973. The summed E-state index contributed by atoms with van der Waals surface area (Å²) in [6, 6.07) is 0. The van der Waals surface area contributed by atoms with Crippen LogP contribution in [-0.2, 0) is 4.79 Å². The molecule has 0 aromatic heterocycles. The Morgan fingerprint density at radius 2 is 1.59 bits per heavy atom. The standard InChI is InChI=1S/C12H24N4O/c1-14(2)12(15(3)4)13-10-11(17)16-8-6-5-7-9-16/h5-10H2,1-4H3. The van der Waals surface area contributed by atoms with Crippen molar-refractivity contribution in [2.45, 2.75) is 19.3 Å². The highest BCUT2D eigenvalue weighted by Crippen LogP contribution is 2.08. The molecule has 0 bridgehead atoms. The Morgan fingerprint density at radius 1 is 1.06 bits per heavy atom. The Kier molecular flexibility index (Phi) is 5.25. The van der Waals surface area contributed by atoms with E-state index >= 15 is 0 Å². The third-order valence-corrected chi connectivity index (χ3v) is 2.86. The van der Waals surface area contributed by atoms with Gasteiger partial charge in [-0.1, -0.05) is 0 Å². The van der Waals surface area contributed by atoms with Gasteiger partial charge in [-0.15, -0.1) is 0 Å². The zero-order valence-corrected chi connectivity index (χ0v) is 11.4. The second-order valence-corrected chi connectivity index (χ2v) is 4.85. The van der Waals surface area contributed by atoms with Gasteiger partial charge in [0, 0.05) is 41.3 Å². The van der Waals surface area contributed by atoms with Gasteiger partial charge in [0.15, 0.2) is 5.96 Å². The zero-order chi connectivity index (χ0) is 12.8. The van der Waals surface area contributed by atoms with Crippen molar-refractivity contribution in [1.29, 1.82) is 0 Å². The van der Waals surface area contributed by atoms with Crippen molar-refractivity contribution in [3.05, 3.63) is 0 Å². The number of carbonyl (C=O) groups is 1. The molecule has 98 valence electrons. The van der Waals surface area contributed by atoms with Crippen molar-refractivity contribution in [2.75, 3.05) is 47.8 Å². The zero-order valence-electron chi connectivity index (χ0n) is 11.4. The van der Waals surface area contributed by atoms with Gasteiger partial charge in [0.05, 0.1) is 0 Å². The fourth-order valence-corrected chi connectivity index (χ4v) is 2.06. The lowest BCUT2D eigenvalue weighted by Crippen LogP contribution is -2.39. The Bertz CT molecular complexity index is 270. The number of aliphatic imine (C=N–C) groups is 1. The van der Waals surface area contributed by atoms with Gasteiger partial charge in [-0.2, -0.15) is 0 Å². The first-order valence-electron chi connectivity index (χ1n) is 6.19. The summed E-state index contributed by atoms with van der Waals surface area (Å²) in [6.07, 6.45) is 3.50. The highest BCUT2D eigenvalue weighted by Gasteiger charge is 2.16. The molecule has 0 aromatic rings. The van der Waals surface area contributed by atoms with Crippen LogP contribution in [0.2, 0.25) is 0 Å². The van der Waals surface area contributed by atoms with E-state index in [0.717, 1.165) is 31.9 Å². The van der Waals surface area contributed by atoms with Crippen LogP contribution >= 0.6 is 0 Å². The first-order valence-corrected chi connectivity index (χ1v) is 6.19. The number of amides is 1. The summed E-state index contributed by atoms with van der Waals surface area (Å²) < 4.78 is 0. The molecule has 1 saturated heterocycles. The fourth-order valence-electron chi connectivity index (χ4n) is 2.06. The number of likely N-dealkylation sites (tertiary alicyclic amines) is 1. The highest BCUT2D eigenvalue weighted by molar-refractivity contribution is 5.84. The number of nitrogens with zero attached hydrogens (tertiary/aromatic N) is 4. The smallest absolute Gasteiger partial charge is 0.244 e.